The number of hydrogen-bond acceptors (Lipinski definition) is 3. The maximum absolute atomic E-state index is 6.42. The van der Waals surface area contributed by atoms with Crippen LogP contribution in [0.3, 0.4) is 0 Å². The van der Waals surface area contributed by atoms with Gasteiger partial charge in [0.15, 0.2) is 0 Å². The molecule has 15 heavy (non-hydrogen) atoms. The second-order valence-corrected chi connectivity index (χ2v) is 4.95. The molecule has 88 valence electrons. The highest BCUT2D eigenvalue weighted by molar-refractivity contribution is 4.98. The van der Waals surface area contributed by atoms with Gasteiger partial charge in [0.2, 0.25) is 0 Å². The van der Waals surface area contributed by atoms with Crippen LogP contribution in [-0.2, 0) is 9.47 Å². The second-order valence-electron chi connectivity index (χ2n) is 4.95. The quantitative estimate of drug-likeness (QED) is 0.776. The van der Waals surface area contributed by atoms with E-state index in [4.69, 9.17) is 15.2 Å². The number of ether oxygens (including phenoxy) is 2. The molecular formula is C12H23NO2. The normalized spacial score (nSPS) is 29.2. The third-order valence-electron chi connectivity index (χ3n) is 4.24. The summed E-state index contributed by atoms with van der Waals surface area (Å²) >= 11 is 0. The Morgan fingerprint density at radius 2 is 1.87 bits per heavy atom. The van der Waals surface area contributed by atoms with Crippen LogP contribution in [0.2, 0.25) is 0 Å². The first-order valence-corrected chi connectivity index (χ1v) is 6.17. The lowest BCUT2D eigenvalue weighted by Gasteiger charge is -2.40. The molecule has 3 nitrogen and oxygen atoms in total. The second kappa shape index (κ2) is 4.81. The number of nitrogens with two attached hydrogens (primary N) is 1. The maximum atomic E-state index is 6.42. The molecule has 0 bridgehead atoms. The van der Waals surface area contributed by atoms with Crippen molar-refractivity contribution in [2.24, 2.45) is 11.7 Å². The number of rotatable bonds is 3. The molecular weight excluding hydrogens is 190 g/mol. The molecule has 1 heterocycles. The predicted octanol–water partition coefficient (Wildman–Crippen LogP) is 1.70. The minimum atomic E-state index is -0.0258. The molecule has 1 aliphatic carbocycles. The zero-order valence-electron chi connectivity index (χ0n) is 9.71. The van der Waals surface area contributed by atoms with E-state index < -0.39 is 0 Å². The molecule has 3 heteroatoms. The Bertz CT molecular complexity index is 196. The third kappa shape index (κ3) is 2.19. The molecule has 1 unspecified atom stereocenters. The first kappa shape index (κ1) is 11.4. The van der Waals surface area contributed by atoms with Crippen molar-refractivity contribution in [3.8, 4) is 0 Å². The van der Waals surface area contributed by atoms with E-state index in [-0.39, 0.29) is 11.6 Å². The highest BCUT2D eigenvalue weighted by Crippen LogP contribution is 2.39. The van der Waals surface area contributed by atoms with Gasteiger partial charge in [-0.15, -0.1) is 0 Å². The Balaban J connectivity index is 2.00. The van der Waals surface area contributed by atoms with Crippen LogP contribution in [0.25, 0.3) is 0 Å². The van der Waals surface area contributed by atoms with Gasteiger partial charge in [-0.25, -0.2) is 0 Å². The van der Waals surface area contributed by atoms with Gasteiger partial charge in [-0.05, 0) is 31.6 Å². The molecule has 2 fully saturated rings. The number of methoxy groups -OCH3 is 1. The molecule has 1 atom stereocenters. The fourth-order valence-electron chi connectivity index (χ4n) is 3.15. The lowest BCUT2D eigenvalue weighted by atomic mass is 9.80. The van der Waals surface area contributed by atoms with Gasteiger partial charge in [-0.2, -0.15) is 0 Å². The molecule has 0 aromatic heterocycles. The summed E-state index contributed by atoms with van der Waals surface area (Å²) in [5, 5.41) is 0. The predicted molar refractivity (Wildman–Crippen MR) is 59.7 cm³/mol. The van der Waals surface area contributed by atoms with Crippen LogP contribution in [-0.4, -0.2) is 32.0 Å². The Hall–Kier alpha value is -0.120. The largest absolute Gasteiger partial charge is 0.381 e. The average molecular weight is 213 g/mol. The fourth-order valence-corrected chi connectivity index (χ4v) is 3.15. The summed E-state index contributed by atoms with van der Waals surface area (Å²) < 4.78 is 11.1. The molecule has 2 aliphatic rings. The van der Waals surface area contributed by atoms with Crippen LogP contribution in [0.4, 0.5) is 0 Å². The summed E-state index contributed by atoms with van der Waals surface area (Å²) in [5.74, 6) is 0.594. The molecule has 1 aliphatic heterocycles. The van der Waals surface area contributed by atoms with E-state index in [0.29, 0.717) is 5.92 Å². The van der Waals surface area contributed by atoms with Crippen LogP contribution in [0.1, 0.15) is 38.5 Å². The lowest BCUT2D eigenvalue weighted by Crippen LogP contribution is -2.53. The van der Waals surface area contributed by atoms with Crippen molar-refractivity contribution in [2.75, 3.05) is 20.3 Å². The Morgan fingerprint density at radius 1 is 1.27 bits per heavy atom. The maximum Gasteiger partial charge on any atom is 0.0831 e. The molecule has 0 aromatic rings. The summed E-state index contributed by atoms with van der Waals surface area (Å²) in [6.45, 7) is 1.75. The van der Waals surface area contributed by atoms with Crippen molar-refractivity contribution < 1.29 is 9.47 Å². The first-order valence-electron chi connectivity index (χ1n) is 6.17. The van der Waals surface area contributed by atoms with Gasteiger partial charge >= 0.3 is 0 Å². The first-order chi connectivity index (χ1) is 7.28. The monoisotopic (exact) mass is 213 g/mol. The van der Waals surface area contributed by atoms with Crippen molar-refractivity contribution in [2.45, 2.75) is 50.2 Å². The van der Waals surface area contributed by atoms with Gasteiger partial charge in [0.05, 0.1) is 5.60 Å². The molecule has 2 N–H and O–H groups in total. The van der Waals surface area contributed by atoms with Gasteiger partial charge in [-0.1, -0.05) is 12.8 Å². The van der Waals surface area contributed by atoms with Crippen molar-refractivity contribution >= 4 is 0 Å². The van der Waals surface area contributed by atoms with E-state index in [2.05, 4.69) is 0 Å². The van der Waals surface area contributed by atoms with Gasteiger partial charge in [0.1, 0.15) is 0 Å². The molecule has 2 rings (SSSR count). The van der Waals surface area contributed by atoms with Crippen LogP contribution in [0.15, 0.2) is 0 Å². The highest BCUT2D eigenvalue weighted by atomic mass is 16.5. The minimum absolute atomic E-state index is 0.0258. The van der Waals surface area contributed by atoms with Crippen LogP contribution >= 0.6 is 0 Å². The molecule has 0 spiro atoms. The topological polar surface area (TPSA) is 44.5 Å². The zero-order valence-corrected chi connectivity index (χ0v) is 9.71. The SMILES string of the molecule is COC1(C(N)C2CCOCC2)CCCC1. The van der Waals surface area contributed by atoms with Crippen LogP contribution in [0, 0.1) is 5.92 Å². The molecule has 1 saturated heterocycles. The van der Waals surface area contributed by atoms with Gasteiger partial charge < -0.3 is 15.2 Å². The van der Waals surface area contributed by atoms with Crippen molar-refractivity contribution in [1.29, 1.82) is 0 Å². The van der Waals surface area contributed by atoms with Crippen molar-refractivity contribution in [3.05, 3.63) is 0 Å². The Morgan fingerprint density at radius 3 is 2.40 bits per heavy atom. The summed E-state index contributed by atoms with van der Waals surface area (Å²) in [6, 6.07) is 0.203. The third-order valence-corrected chi connectivity index (χ3v) is 4.24. The van der Waals surface area contributed by atoms with E-state index in [1.165, 1.54) is 12.8 Å². The van der Waals surface area contributed by atoms with E-state index in [1.807, 2.05) is 7.11 Å². The molecule has 0 amide bonds. The standard InChI is InChI=1S/C12H23NO2/c1-14-12(6-2-3-7-12)11(13)10-4-8-15-9-5-10/h10-11H,2-9,13H2,1H3. The minimum Gasteiger partial charge on any atom is -0.381 e. The summed E-state index contributed by atoms with van der Waals surface area (Å²) in [7, 11) is 1.82. The average Bonchev–Trinajstić information content (AvgIpc) is 2.79. The molecule has 0 aromatic carbocycles. The van der Waals surface area contributed by atoms with Crippen LogP contribution in [0.5, 0.6) is 0 Å². The Kier molecular flexibility index (Phi) is 3.65. The summed E-state index contributed by atoms with van der Waals surface area (Å²) in [4.78, 5) is 0. The fraction of sp³-hybridized carbons (Fsp3) is 1.00. The van der Waals surface area contributed by atoms with Gasteiger partial charge in [0, 0.05) is 26.4 Å². The molecule has 1 saturated carbocycles. The van der Waals surface area contributed by atoms with E-state index in [1.54, 1.807) is 0 Å². The van der Waals surface area contributed by atoms with E-state index >= 15 is 0 Å². The number of hydrogen-bond donors (Lipinski definition) is 1. The smallest absolute Gasteiger partial charge is 0.0831 e. The molecule has 0 radical (unpaired) electrons. The summed E-state index contributed by atoms with van der Waals surface area (Å²) in [5.41, 5.74) is 6.39. The zero-order chi connectivity index (χ0) is 10.7. The lowest BCUT2D eigenvalue weighted by molar-refractivity contribution is -0.0565. The van der Waals surface area contributed by atoms with E-state index in [9.17, 15) is 0 Å². The van der Waals surface area contributed by atoms with Gasteiger partial charge in [-0.3, -0.25) is 0 Å². The van der Waals surface area contributed by atoms with Gasteiger partial charge in [0.25, 0.3) is 0 Å². The summed E-state index contributed by atoms with van der Waals surface area (Å²) in [6.07, 6.45) is 7.03. The highest BCUT2D eigenvalue weighted by Gasteiger charge is 2.43. The van der Waals surface area contributed by atoms with Crippen molar-refractivity contribution in [1.82, 2.24) is 0 Å². The Labute approximate surface area is 92.3 Å². The van der Waals surface area contributed by atoms with Crippen LogP contribution < -0.4 is 5.73 Å². The van der Waals surface area contributed by atoms with Crippen molar-refractivity contribution in [3.63, 3.8) is 0 Å². The van der Waals surface area contributed by atoms with E-state index in [0.717, 1.165) is 38.9 Å².